The van der Waals surface area contributed by atoms with Crippen molar-refractivity contribution in [2.24, 2.45) is 7.05 Å². The summed E-state index contributed by atoms with van der Waals surface area (Å²) in [6.07, 6.45) is -4.76. The number of aromatic nitrogens is 3. The smallest absolute Gasteiger partial charge is 0.350 e. The Labute approximate surface area is 137 Å². The van der Waals surface area contributed by atoms with Crippen LogP contribution >= 0.6 is 11.6 Å². The van der Waals surface area contributed by atoms with Crippen LogP contribution in [0.5, 0.6) is 0 Å². The van der Waals surface area contributed by atoms with E-state index in [1.165, 1.54) is 6.07 Å². The van der Waals surface area contributed by atoms with Gasteiger partial charge in [-0.25, -0.2) is 13.9 Å². The molecule has 11 heteroatoms. The maximum absolute atomic E-state index is 12.9. The van der Waals surface area contributed by atoms with E-state index >= 15 is 0 Å². The summed E-state index contributed by atoms with van der Waals surface area (Å²) in [5, 5.41) is 5.45. The van der Waals surface area contributed by atoms with Crippen LogP contribution < -0.4 is 11.0 Å². The van der Waals surface area contributed by atoms with E-state index in [4.69, 9.17) is 11.6 Å². The molecule has 0 saturated heterocycles. The minimum absolute atomic E-state index is 0.00224. The van der Waals surface area contributed by atoms with Gasteiger partial charge in [-0.15, -0.1) is 5.10 Å². The molecule has 130 valence electrons. The lowest BCUT2D eigenvalue weighted by Gasteiger charge is -2.06. The topological polar surface area (TPSA) is 68.9 Å². The van der Waals surface area contributed by atoms with E-state index < -0.39 is 29.4 Å². The van der Waals surface area contributed by atoms with E-state index in [1.54, 1.807) is 0 Å². The second-order valence-electron chi connectivity index (χ2n) is 4.77. The summed E-state index contributed by atoms with van der Waals surface area (Å²) in [5.74, 6) is -2.60. The molecular weight excluding hydrogens is 356 g/mol. The molecule has 0 unspecified atom stereocenters. The van der Waals surface area contributed by atoms with Crippen LogP contribution in [0.1, 0.15) is 16.2 Å². The highest BCUT2D eigenvalue weighted by Crippen LogP contribution is 2.25. The molecule has 0 bridgehead atoms. The highest BCUT2D eigenvalue weighted by Gasteiger charge is 2.37. The predicted molar refractivity (Wildman–Crippen MR) is 76.2 cm³/mol. The molecule has 24 heavy (non-hydrogen) atoms. The summed E-state index contributed by atoms with van der Waals surface area (Å²) < 4.78 is 51.8. The van der Waals surface area contributed by atoms with Crippen molar-refractivity contribution in [2.45, 2.75) is 12.7 Å². The Hall–Kier alpha value is -2.36. The minimum Gasteiger partial charge on any atom is -0.350 e. The summed E-state index contributed by atoms with van der Waals surface area (Å²) in [6.45, 7) is -0.436. The Morgan fingerprint density at radius 3 is 2.58 bits per heavy atom. The molecule has 0 saturated carbocycles. The number of carbonyl (C=O) groups is 1. The second kappa shape index (κ2) is 6.63. The third-order valence-corrected chi connectivity index (χ3v) is 3.39. The van der Waals surface area contributed by atoms with Gasteiger partial charge in [0.05, 0.1) is 17.1 Å². The zero-order valence-corrected chi connectivity index (χ0v) is 13.0. The van der Waals surface area contributed by atoms with Gasteiger partial charge in [-0.05, 0) is 18.2 Å². The van der Waals surface area contributed by atoms with Crippen molar-refractivity contribution >= 4 is 17.5 Å². The van der Waals surface area contributed by atoms with Gasteiger partial charge in [-0.1, -0.05) is 11.6 Å². The van der Waals surface area contributed by atoms with Crippen LogP contribution in [-0.2, 0) is 19.8 Å². The van der Waals surface area contributed by atoms with Crippen molar-refractivity contribution in [2.75, 3.05) is 6.54 Å². The number of halogens is 5. The minimum atomic E-state index is -4.76. The molecule has 1 aromatic carbocycles. The van der Waals surface area contributed by atoms with Crippen molar-refractivity contribution in [3.8, 4) is 0 Å². The van der Waals surface area contributed by atoms with Gasteiger partial charge in [0.25, 0.3) is 5.91 Å². The highest BCUT2D eigenvalue weighted by molar-refractivity contribution is 6.33. The van der Waals surface area contributed by atoms with E-state index in [-0.39, 0.29) is 23.7 Å². The van der Waals surface area contributed by atoms with Crippen LogP contribution in [0.3, 0.4) is 0 Å². The number of nitrogens with zero attached hydrogens (tertiary/aromatic N) is 3. The van der Waals surface area contributed by atoms with Gasteiger partial charge in [0.15, 0.2) is 0 Å². The van der Waals surface area contributed by atoms with E-state index in [0.717, 1.165) is 19.2 Å². The maximum Gasteiger partial charge on any atom is 0.451 e. The van der Waals surface area contributed by atoms with Crippen molar-refractivity contribution in [3.63, 3.8) is 0 Å². The van der Waals surface area contributed by atoms with Crippen LogP contribution in [0.4, 0.5) is 17.6 Å². The highest BCUT2D eigenvalue weighted by atomic mass is 35.5. The van der Waals surface area contributed by atoms with Crippen LogP contribution in [0.2, 0.25) is 5.02 Å². The first-order valence-corrected chi connectivity index (χ1v) is 6.93. The lowest BCUT2D eigenvalue weighted by Crippen LogP contribution is -2.32. The normalized spacial score (nSPS) is 11.6. The first kappa shape index (κ1) is 18.0. The Balaban J connectivity index is 2.05. The fraction of sp³-hybridized carbons (Fsp3) is 0.308. The van der Waals surface area contributed by atoms with Crippen LogP contribution in [0, 0.1) is 5.82 Å². The molecule has 0 radical (unpaired) electrons. The second-order valence-corrected chi connectivity index (χ2v) is 5.17. The number of hydrogen-bond acceptors (Lipinski definition) is 3. The van der Waals surface area contributed by atoms with E-state index in [1.807, 2.05) is 0 Å². The zero-order valence-electron chi connectivity index (χ0n) is 12.2. The van der Waals surface area contributed by atoms with Gasteiger partial charge in [0.1, 0.15) is 5.82 Å². The number of nitrogens with one attached hydrogen (secondary N) is 1. The summed E-state index contributed by atoms with van der Waals surface area (Å²) >= 11 is 5.72. The fourth-order valence-electron chi connectivity index (χ4n) is 1.92. The number of hydrogen-bond donors (Lipinski definition) is 1. The van der Waals surface area contributed by atoms with Crippen molar-refractivity contribution in [3.05, 3.63) is 50.9 Å². The first-order chi connectivity index (χ1) is 11.1. The molecule has 1 aromatic heterocycles. The van der Waals surface area contributed by atoms with Gasteiger partial charge in [-0.2, -0.15) is 13.2 Å². The summed E-state index contributed by atoms with van der Waals surface area (Å²) in [6, 6.07) is 3.16. The quantitative estimate of drug-likeness (QED) is 0.839. The molecule has 0 fully saturated rings. The molecule has 0 spiro atoms. The largest absolute Gasteiger partial charge is 0.451 e. The van der Waals surface area contributed by atoms with Crippen molar-refractivity contribution in [1.82, 2.24) is 19.7 Å². The first-order valence-electron chi connectivity index (χ1n) is 6.55. The van der Waals surface area contributed by atoms with E-state index in [9.17, 15) is 27.2 Å². The lowest BCUT2D eigenvalue weighted by molar-refractivity contribution is -0.147. The lowest BCUT2D eigenvalue weighted by atomic mass is 10.2. The standard InChI is InChI=1S/C13H11ClF4N4O2/c1-21-11(13(16,17)18)20-22(12(21)24)5-4-19-10(23)8-3-2-7(15)6-9(8)14/h2-3,6H,4-5H2,1H3,(H,19,23). The number of benzene rings is 1. The van der Waals surface area contributed by atoms with E-state index in [0.29, 0.717) is 9.25 Å². The summed E-state index contributed by atoms with van der Waals surface area (Å²) in [4.78, 5) is 23.5. The Kier molecular flexibility index (Phi) is 4.97. The van der Waals surface area contributed by atoms with Crippen LogP contribution in [-0.4, -0.2) is 26.8 Å². The summed E-state index contributed by atoms with van der Waals surface area (Å²) in [5.41, 5.74) is -0.959. The number of alkyl halides is 3. The third kappa shape index (κ3) is 3.75. The summed E-state index contributed by atoms with van der Waals surface area (Å²) in [7, 11) is 0.950. The van der Waals surface area contributed by atoms with E-state index in [2.05, 4.69) is 10.4 Å². The molecule has 0 aliphatic heterocycles. The number of carbonyl (C=O) groups excluding carboxylic acids is 1. The fourth-order valence-corrected chi connectivity index (χ4v) is 2.18. The number of rotatable bonds is 4. The van der Waals surface area contributed by atoms with Crippen molar-refractivity contribution in [1.29, 1.82) is 0 Å². The molecule has 2 rings (SSSR count). The Morgan fingerprint density at radius 1 is 1.38 bits per heavy atom. The van der Waals surface area contributed by atoms with Crippen LogP contribution in [0.15, 0.2) is 23.0 Å². The van der Waals surface area contributed by atoms with Gasteiger partial charge in [-0.3, -0.25) is 9.36 Å². The molecule has 1 amide bonds. The third-order valence-electron chi connectivity index (χ3n) is 3.08. The van der Waals surface area contributed by atoms with Crippen LogP contribution in [0.25, 0.3) is 0 Å². The van der Waals surface area contributed by atoms with Gasteiger partial charge >= 0.3 is 11.9 Å². The maximum atomic E-state index is 12.9. The molecule has 0 aliphatic rings. The Morgan fingerprint density at radius 2 is 2.04 bits per heavy atom. The SMILES string of the molecule is Cn1c(C(F)(F)F)nn(CCNC(=O)c2ccc(F)cc2Cl)c1=O. The van der Waals surface area contributed by atoms with Gasteiger partial charge < -0.3 is 5.32 Å². The predicted octanol–water partition coefficient (Wildman–Crippen LogP) is 1.82. The van der Waals surface area contributed by atoms with Gasteiger partial charge in [0, 0.05) is 13.6 Å². The Bertz CT molecular complexity index is 828. The molecule has 2 aromatic rings. The molecule has 0 aliphatic carbocycles. The molecular formula is C13H11ClF4N4O2. The average molecular weight is 367 g/mol. The van der Waals surface area contributed by atoms with Crippen molar-refractivity contribution < 1.29 is 22.4 Å². The number of amides is 1. The zero-order chi connectivity index (χ0) is 18.1. The molecule has 1 heterocycles. The monoisotopic (exact) mass is 366 g/mol. The average Bonchev–Trinajstić information content (AvgIpc) is 2.75. The molecule has 1 N–H and O–H groups in total. The molecule has 6 nitrogen and oxygen atoms in total. The molecule has 0 atom stereocenters. The van der Waals surface area contributed by atoms with Gasteiger partial charge in [0.2, 0.25) is 5.82 Å².